The third kappa shape index (κ3) is 2.36. The number of Topliss-reactive ketones (excluding diaryl/α,β-unsaturated/α-hetero) is 1. The molecule has 1 aliphatic rings. The molecule has 0 amide bonds. The van der Waals surface area contributed by atoms with Crippen molar-refractivity contribution in [2.45, 2.75) is 58.5 Å². The maximum absolute atomic E-state index is 12.0. The summed E-state index contributed by atoms with van der Waals surface area (Å²) in [5, 5.41) is 1.89. The van der Waals surface area contributed by atoms with E-state index in [0.717, 1.165) is 12.8 Å². The minimum Gasteiger partial charge on any atom is -0.294 e. The first-order chi connectivity index (χ1) is 7.08. The molecule has 1 heterocycles. The molecule has 2 N–H and O–H groups in total. The van der Waals surface area contributed by atoms with Crippen molar-refractivity contribution in [2.75, 3.05) is 0 Å². The Balaban J connectivity index is 2.95. The fraction of sp³-hybridized carbons (Fsp3) is 0.769. The van der Waals surface area contributed by atoms with Crippen LogP contribution in [0.5, 0.6) is 0 Å². The summed E-state index contributed by atoms with van der Waals surface area (Å²) in [7, 11) is 0. The maximum Gasteiger partial charge on any atom is 0.161 e. The lowest BCUT2D eigenvalue weighted by Gasteiger charge is -2.52. The van der Waals surface area contributed by atoms with Crippen LogP contribution in [0.1, 0.15) is 47.5 Å². The van der Waals surface area contributed by atoms with Crippen LogP contribution < -0.4 is 5.84 Å². The average molecular weight is 224 g/mol. The summed E-state index contributed by atoms with van der Waals surface area (Å²) in [6.45, 7) is 13.9. The third-order valence-electron chi connectivity index (χ3n) is 3.59. The summed E-state index contributed by atoms with van der Waals surface area (Å²) in [4.78, 5) is 12.0. The lowest BCUT2D eigenvalue weighted by atomic mass is 9.72. The first-order valence-corrected chi connectivity index (χ1v) is 5.83. The van der Waals surface area contributed by atoms with Crippen LogP contribution in [0, 0.1) is 5.92 Å². The highest BCUT2D eigenvalue weighted by Gasteiger charge is 2.45. The second-order valence-electron chi connectivity index (χ2n) is 6.24. The Morgan fingerprint density at radius 2 is 1.62 bits per heavy atom. The second-order valence-corrected chi connectivity index (χ2v) is 6.24. The van der Waals surface area contributed by atoms with Gasteiger partial charge in [-0.05, 0) is 53.0 Å². The lowest BCUT2D eigenvalue weighted by molar-refractivity contribution is -0.127. The number of hydrazine groups is 1. The fourth-order valence-electron chi connectivity index (χ4n) is 2.83. The van der Waals surface area contributed by atoms with Gasteiger partial charge in [0.2, 0.25) is 0 Å². The molecule has 3 heteroatoms. The summed E-state index contributed by atoms with van der Waals surface area (Å²) >= 11 is 0. The van der Waals surface area contributed by atoms with Gasteiger partial charge >= 0.3 is 0 Å². The van der Waals surface area contributed by atoms with Gasteiger partial charge in [0.15, 0.2) is 5.78 Å². The number of allylic oxidation sites excluding steroid dienone is 1. The Labute approximate surface area is 98.7 Å². The molecule has 1 fully saturated rings. The molecule has 0 aliphatic carbocycles. The highest BCUT2D eigenvalue weighted by molar-refractivity contribution is 5.96. The highest BCUT2D eigenvalue weighted by atomic mass is 16.1. The van der Waals surface area contributed by atoms with E-state index in [1.165, 1.54) is 0 Å². The molecule has 0 spiro atoms. The number of nitrogens with two attached hydrogens (primary N) is 1. The first-order valence-electron chi connectivity index (χ1n) is 5.83. The summed E-state index contributed by atoms with van der Waals surface area (Å²) in [6.07, 6.45) is 1.61. The zero-order chi connectivity index (χ0) is 12.7. The van der Waals surface area contributed by atoms with Gasteiger partial charge in [-0.25, -0.2) is 5.01 Å². The molecule has 1 rings (SSSR count). The van der Waals surface area contributed by atoms with Crippen LogP contribution in [0.15, 0.2) is 12.2 Å². The van der Waals surface area contributed by atoms with E-state index < -0.39 is 0 Å². The molecule has 0 aromatic heterocycles. The van der Waals surface area contributed by atoms with Crippen molar-refractivity contribution >= 4 is 5.78 Å². The molecular weight excluding hydrogens is 200 g/mol. The molecule has 0 atom stereocenters. The Morgan fingerprint density at radius 1 is 1.25 bits per heavy atom. The number of ketones is 1. The molecule has 1 aliphatic heterocycles. The molecule has 0 aromatic rings. The Kier molecular flexibility index (Phi) is 3.32. The van der Waals surface area contributed by atoms with Crippen LogP contribution >= 0.6 is 0 Å². The average Bonchev–Trinajstić information content (AvgIpc) is 2.11. The summed E-state index contributed by atoms with van der Waals surface area (Å²) < 4.78 is 0. The van der Waals surface area contributed by atoms with Crippen molar-refractivity contribution < 1.29 is 4.79 Å². The van der Waals surface area contributed by atoms with Crippen LogP contribution in [-0.2, 0) is 4.79 Å². The zero-order valence-corrected chi connectivity index (χ0v) is 11.1. The lowest BCUT2D eigenvalue weighted by Crippen LogP contribution is -2.64. The molecule has 3 nitrogen and oxygen atoms in total. The molecule has 92 valence electrons. The van der Waals surface area contributed by atoms with E-state index in [0.29, 0.717) is 5.57 Å². The van der Waals surface area contributed by atoms with E-state index >= 15 is 0 Å². The third-order valence-corrected chi connectivity index (χ3v) is 3.59. The van der Waals surface area contributed by atoms with Crippen molar-refractivity contribution in [3.8, 4) is 0 Å². The summed E-state index contributed by atoms with van der Waals surface area (Å²) in [6, 6.07) is 0. The minimum absolute atomic E-state index is 0.0577. The smallest absolute Gasteiger partial charge is 0.161 e. The van der Waals surface area contributed by atoms with Crippen molar-refractivity contribution in [1.82, 2.24) is 5.01 Å². The maximum atomic E-state index is 12.0. The normalized spacial score (nSPS) is 25.4. The van der Waals surface area contributed by atoms with Crippen molar-refractivity contribution in [3.63, 3.8) is 0 Å². The Morgan fingerprint density at radius 3 is 1.94 bits per heavy atom. The van der Waals surface area contributed by atoms with Crippen molar-refractivity contribution in [2.24, 2.45) is 11.8 Å². The predicted octanol–water partition coefficient (Wildman–Crippen LogP) is 2.27. The number of piperidine rings is 1. The van der Waals surface area contributed by atoms with E-state index in [-0.39, 0.29) is 22.8 Å². The number of rotatable bonds is 2. The van der Waals surface area contributed by atoms with Gasteiger partial charge < -0.3 is 0 Å². The van der Waals surface area contributed by atoms with E-state index in [2.05, 4.69) is 34.3 Å². The molecule has 0 radical (unpaired) electrons. The quantitative estimate of drug-likeness (QED) is 0.578. The second kappa shape index (κ2) is 3.97. The van der Waals surface area contributed by atoms with Gasteiger partial charge in [0.25, 0.3) is 0 Å². The monoisotopic (exact) mass is 224 g/mol. The fourth-order valence-corrected chi connectivity index (χ4v) is 2.83. The molecule has 0 aromatic carbocycles. The molecular formula is C13H24N2O. The molecule has 0 bridgehead atoms. The molecule has 16 heavy (non-hydrogen) atoms. The van der Waals surface area contributed by atoms with Crippen LogP contribution in [0.2, 0.25) is 0 Å². The summed E-state index contributed by atoms with van der Waals surface area (Å²) in [5.74, 6) is 6.38. The first kappa shape index (κ1) is 13.4. The van der Waals surface area contributed by atoms with E-state index in [1.807, 2.05) is 5.01 Å². The van der Waals surface area contributed by atoms with E-state index in [4.69, 9.17) is 5.84 Å². The van der Waals surface area contributed by atoms with Crippen LogP contribution in [-0.4, -0.2) is 21.9 Å². The Hall–Kier alpha value is -0.670. The van der Waals surface area contributed by atoms with Crippen LogP contribution in [0.4, 0.5) is 0 Å². The van der Waals surface area contributed by atoms with Crippen molar-refractivity contribution in [1.29, 1.82) is 0 Å². The summed E-state index contributed by atoms with van der Waals surface area (Å²) in [5.41, 5.74) is 0.372. The minimum atomic E-state index is -0.141. The number of hydrogen-bond donors (Lipinski definition) is 1. The number of hydrogen-bond acceptors (Lipinski definition) is 3. The van der Waals surface area contributed by atoms with Crippen molar-refractivity contribution in [3.05, 3.63) is 12.2 Å². The Bertz CT molecular complexity index is 300. The molecule has 0 saturated carbocycles. The van der Waals surface area contributed by atoms with Gasteiger partial charge in [0.1, 0.15) is 0 Å². The topological polar surface area (TPSA) is 46.3 Å². The van der Waals surface area contributed by atoms with E-state index in [1.54, 1.807) is 6.92 Å². The highest BCUT2D eigenvalue weighted by Crippen LogP contribution is 2.39. The van der Waals surface area contributed by atoms with Gasteiger partial charge in [0.05, 0.1) is 0 Å². The number of nitrogens with zero attached hydrogens (tertiary/aromatic N) is 1. The predicted molar refractivity (Wildman–Crippen MR) is 66.7 cm³/mol. The standard InChI is InChI=1S/C13H24N2O/c1-9(2)11(16)10-7-12(3,4)15(14)13(5,6)8-10/h10H,1,7-8,14H2,2-6H3. The van der Waals surface area contributed by atoms with E-state index in [9.17, 15) is 4.79 Å². The SMILES string of the molecule is C=C(C)C(=O)C1CC(C)(C)N(N)C(C)(C)C1. The van der Waals surface area contributed by atoms with Gasteiger partial charge in [0, 0.05) is 17.0 Å². The van der Waals surface area contributed by atoms with Gasteiger partial charge in [-0.1, -0.05) is 6.58 Å². The number of carbonyl (C=O) groups excluding carboxylic acids is 1. The van der Waals surface area contributed by atoms with Gasteiger partial charge in [-0.15, -0.1) is 0 Å². The zero-order valence-electron chi connectivity index (χ0n) is 11.1. The molecule has 1 saturated heterocycles. The largest absolute Gasteiger partial charge is 0.294 e. The van der Waals surface area contributed by atoms with Gasteiger partial charge in [-0.3, -0.25) is 10.6 Å². The number of carbonyl (C=O) groups is 1. The van der Waals surface area contributed by atoms with Crippen LogP contribution in [0.25, 0.3) is 0 Å². The molecule has 0 unspecified atom stereocenters. The van der Waals surface area contributed by atoms with Gasteiger partial charge in [-0.2, -0.15) is 0 Å². The van der Waals surface area contributed by atoms with Crippen LogP contribution in [0.3, 0.4) is 0 Å².